The summed E-state index contributed by atoms with van der Waals surface area (Å²) in [6, 6.07) is 8.21. The van der Waals surface area contributed by atoms with Crippen LogP contribution < -0.4 is 0 Å². The summed E-state index contributed by atoms with van der Waals surface area (Å²) in [7, 11) is 1.25. The summed E-state index contributed by atoms with van der Waals surface area (Å²) in [5.41, 5.74) is 2.39. The van der Waals surface area contributed by atoms with Crippen molar-refractivity contribution in [3.8, 4) is 0 Å². The Morgan fingerprint density at radius 1 is 1.39 bits per heavy atom. The zero-order chi connectivity index (χ0) is 16.2. The van der Waals surface area contributed by atoms with Crippen molar-refractivity contribution in [3.63, 3.8) is 0 Å². The van der Waals surface area contributed by atoms with E-state index >= 15 is 0 Å². The van der Waals surface area contributed by atoms with Crippen LogP contribution in [-0.4, -0.2) is 47.9 Å². The number of hydrogen-bond donors (Lipinski definition) is 2. The van der Waals surface area contributed by atoms with Crippen LogP contribution >= 0.6 is 0 Å². The summed E-state index contributed by atoms with van der Waals surface area (Å²) in [6.07, 6.45) is 2.59. The molecule has 1 aromatic carbocycles. The molecule has 2 heterocycles. The Kier molecular flexibility index (Phi) is 4.52. The zero-order valence-corrected chi connectivity index (χ0v) is 13.0. The van der Waals surface area contributed by atoms with E-state index in [9.17, 15) is 9.90 Å². The maximum Gasteiger partial charge on any atom is 0.513 e. The average molecular weight is 316 g/mol. The Morgan fingerprint density at radius 3 is 3.04 bits per heavy atom. The van der Waals surface area contributed by atoms with Gasteiger partial charge in [-0.25, -0.2) is 4.79 Å². The molecule has 6 nitrogen and oxygen atoms in total. The molecule has 0 saturated carbocycles. The minimum absolute atomic E-state index is 0.124. The van der Waals surface area contributed by atoms with Gasteiger partial charge in [-0.05, 0) is 18.1 Å². The van der Waals surface area contributed by atoms with E-state index in [1.54, 1.807) is 0 Å². The molecule has 1 aliphatic heterocycles. The summed E-state index contributed by atoms with van der Waals surface area (Å²) in [5, 5.41) is 11.1. The minimum atomic E-state index is -0.801. The van der Waals surface area contributed by atoms with E-state index in [0.29, 0.717) is 13.0 Å². The van der Waals surface area contributed by atoms with Crippen LogP contribution in [0, 0.1) is 0 Å². The summed E-state index contributed by atoms with van der Waals surface area (Å²) >= 11 is 0. The fraction of sp³-hybridized carbons (Fsp3) is 0.353. The standard InChI is InChI=1S/C17H20N2O4/c1-22-17(21)23-16-11-19(9-7-15(16)20)8-6-12-10-18-14-5-3-2-4-13(12)14/h2-5,10,18,20H,6-9,11H2,1H3. The first kappa shape index (κ1) is 15.4. The fourth-order valence-electron chi connectivity index (χ4n) is 2.82. The number of fused-ring (bicyclic) bond motifs is 1. The first-order valence-corrected chi connectivity index (χ1v) is 7.61. The monoisotopic (exact) mass is 316 g/mol. The number of aliphatic hydroxyl groups excluding tert-OH is 1. The predicted molar refractivity (Wildman–Crippen MR) is 86.2 cm³/mol. The van der Waals surface area contributed by atoms with Crippen LogP contribution in [0.25, 0.3) is 10.9 Å². The number of nitrogens with zero attached hydrogens (tertiary/aromatic N) is 1. The van der Waals surface area contributed by atoms with Crippen LogP contribution in [-0.2, 0) is 15.9 Å². The SMILES string of the molecule is COC(=O)OC1=C(O)CCN(CCc2c[nH]c3ccccc23)C1. The van der Waals surface area contributed by atoms with Crippen LogP contribution in [0.2, 0.25) is 0 Å². The second-order valence-corrected chi connectivity index (χ2v) is 5.56. The highest BCUT2D eigenvalue weighted by Gasteiger charge is 2.22. The molecule has 0 atom stereocenters. The van der Waals surface area contributed by atoms with Crippen molar-refractivity contribution < 1.29 is 19.4 Å². The second kappa shape index (κ2) is 6.75. The van der Waals surface area contributed by atoms with Gasteiger partial charge in [0.05, 0.1) is 13.7 Å². The van der Waals surface area contributed by atoms with Crippen LogP contribution in [0.4, 0.5) is 4.79 Å². The van der Waals surface area contributed by atoms with E-state index < -0.39 is 6.16 Å². The molecule has 2 aromatic rings. The number of rotatable bonds is 4. The van der Waals surface area contributed by atoms with Gasteiger partial charge in [-0.3, -0.25) is 4.90 Å². The van der Waals surface area contributed by atoms with Gasteiger partial charge in [0.1, 0.15) is 5.76 Å². The van der Waals surface area contributed by atoms with Crippen LogP contribution in [0.3, 0.4) is 0 Å². The molecule has 0 bridgehead atoms. The summed E-state index contributed by atoms with van der Waals surface area (Å²) in [5.74, 6) is 0.403. The van der Waals surface area contributed by atoms with Gasteiger partial charge in [0, 0.05) is 36.6 Å². The number of benzene rings is 1. The third-order valence-corrected chi connectivity index (χ3v) is 4.10. The lowest BCUT2D eigenvalue weighted by atomic mass is 10.1. The van der Waals surface area contributed by atoms with E-state index in [1.807, 2.05) is 18.3 Å². The molecular formula is C17H20N2O4. The first-order valence-electron chi connectivity index (χ1n) is 7.61. The number of carbonyl (C=O) groups is 1. The van der Waals surface area contributed by atoms with Crippen molar-refractivity contribution in [2.24, 2.45) is 0 Å². The Balaban J connectivity index is 1.62. The minimum Gasteiger partial charge on any atom is -0.509 e. The number of hydrogen-bond acceptors (Lipinski definition) is 5. The van der Waals surface area contributed by atoms with Crippen LogP contribution in [0.5, 0.6) is 0 Å². The third kappa shape index (κ3) is 3.48. The quantitative estimate of drug-likeness (QED) is 0.848. The smallest absolute Gasteiger partial charge is 0.509 e. The topological polar surface area (TPSA) is 74.8 Å². The molecule has 23 heavy (non-hydrogen) atoms. The van der Waals surface area contributed by atoms with Gasteiger partial charge in [-0.1, -0.05) is 18.2 Å². The van der Waals surface area contributed by atoms with Gasteiger partial charge in [-0.2, -0.15) is 0 Å². The highest BCUT2D eigenvalue weighted by atomic mass is 16.7. The molecule has 1 aromatic heterocycles. The van der Waals surface area contributed by atoms with E-state index in [4.69, 9.17) is 4.74 Å². The Bertz CT molecular complexity index is 735. The molecule has 2 N–H and O–H groups in total. The first-order chi connectivity index (χ1) is 11.2. The lowest BCUT2D eigenvalue weighted by Gasteiger charge is -2.27. The normalized spacial score (nSPS) is 15.9. The van der Waals surface area contributed by atoms with Crippen molar-refractivity contribution in [3.05, 3.63) is 47.5 Å². The third-order valence-electron chi connectivity index (χ3n) is 4.10. The van der Waals surface area contributed by atoms with Crippen molar-refractivity contribution in [1.29, 1.82) is 0 Å². The van der Waals surface area contributed by atoms with Gasteiger partial charge in [0.15, 0.2) is 5.76 Å². The van der Waals surface area contributed by atoms with Gasteiger partial charge in [0.2, 0.25) is 0 Å². The van der Waals surface area contributed by atoms with Crippen molar-refractivity contribution in [2.45, 2.75) is 12.8 Å². The lowest BCUT2D eigenvalue weighted by Crippen LogP contribution is -2.34. The van der Waals surface area contributed by atoms with Crippen LogP contribution in [0.1, 0.15) is 12.0 Å². The molecule has 0 radical (unpaired) electrons. The molecular weight excluding hydrogens is 296 g/mol. The van der Waals surface area contributed by atoms with Gasteiger partial charge >= 0.3 is 6.16 Å². The number of ether oxygens (including phenoxy) is 2. The molecule has 0 fully saturated rings. The average Bonchev–Trinajstić information content (AvgIpc) is 2.98. The predicted octanol–water partition coefficient (Wildman–Crippen LogP) is 2.97. The summed E-state index contributed by atoms with van der Waals surface area (Å²) < 4.78 is 9.49. The fourth-order valence-corrected chi connectivity index (χ4v) is 2.82. The molecule has 0 aliphatic carbocycles. The highest BCUT2D eigenvalue weighted by Crippen LogP contribution is 2.21. The lowest BCUT2D eigenvalue weighted by molar-refractivity contribution is 0.0791. The molecule has 3 rings (SSSR count). The van der Waals surface area contributed by atoms with Gasteiger partial charge < -0.3 is 19.6 Å². The number of methoxy groups -OCH3 is 1. The zero-order valence-electron chi connectivity index (χ0n) is 13.0. The maximum atomic E-state index is 11.2. The van der Waals surface area contributed by atoms with Gasteiger partial charge in [-0.15, -0.1) is 0 Å². The summed E-state index contributed by atoms with van der Waals surface area (Å²) in [4.78, 5) is 16.6. The largest absolute Gasteiger partial charge is 0.513 e. The van der Waals surface area contributed by atoms with Crippen molar-refractivity contribution in [1.82, 2.24) is 9.88 Å². The Hall–Kier alpha value is -2.47. The number of nitrogens with one attached hydrogen (secondary N) is 1. The molecule has 1 aliphatic rings. The molecule has 0 spiro atoms. The van der Waals surface area contributed by atoms with Crippen molar-refractivity contribution >= 4 is 17.1 Å². The number of H-pyrrole nitrogens is 1. The number of aliphatic hydroxyl groups is 1. The van der Waals surface area contributed by atoms with E-state index in [0.717, 1.165) is 25.0 Å². The van der Waals surface area contributed by atoms with E-state index in [2.05, 4.69) is 26.8 Å². The molecule has 122 valence electrons. The van der Waals surface area contributed by atoms with Crippen LogP contribution in [0.15, 0.2) is 42.0 Å². The van der Waals surface area contributed by atoms with E-state index in [-0.39, 0.29) is 11.5 Å². The molecule has 6 heteroatoms. The molecule has 0 saturated heterocycles. The number of aromatic amines is 1. The molecule has 0 amide bonds. The van der Waals surface area contributed by atoms with E-state index in [1.165, 1.54) is 18.1 Å². The Morgan fingerprint density at radius 2 is 2.22 bits per heavy atom. The maximum absolute atomic E-state index is 11.2. The van der Waals surface area contributed by atoms with Crippen molar-refractivity contribution in [2.75, 3.05) is 26.7 Å². The molecule has 0 unspecified atom stereocenters. The highest BCUT2D eigenvalue weighted by molar-refractivity contribution is 5.83. The van der Waals surface area contributed by atoms with Gasteiger partial charge in [0.25, 0.3) is 0 Å². The summed E-state index contributed by atoms with van der Waals surface area (Å²) in [6.45, 7) is 1.97. The number of aromatic nitrogens is 1. The Labute approximate surface area is 134 Å². The number of carbonyl (C=O) groups excluding carboxylic acids is 1. The second-order valence-electron chi connectivity index (χ2n) is 5.56. The number of para-hydroxylation sites is 1.